The summed E-state index contributed by atoms with van der Waals surface area (Å²) in [5.74, 6) is 0. The molecule has 19 heavy (non-hydrogen) atoms. The molecule has 0 heterocycles. The van der Waals surface area contributed by atoms with Gasteiger partial charge in [-0.3, -0.25) is 0 Å². The Kier molecular flexibility index (Phi) is 6.27. The van der Waals surface area contributed by atoms with Crippen molar-refractivity contribution in [2.45, 2.75) is 43.8 Å². The topological polar surface area (TPSA) is 34.1 Å². The van der Waals surface area contributed by atoms with E-state index in [4.69, 9.17) is 0 Å². The van der Waals surface area contributed by atoms with Gasteiger partial charge in [0.25, 0.3) is 0 Å². The standard InChI is InChI=1S/C15H21BrO2S/c1-12(2)11-15(5-4-10-16)19(17,18)14-8-6-13(3)7-9-14/h6-9,11,15H,4-5,10H2,1-3H3/t15-/m1/s1. The third-order valence-corrected chi connectivity index (χ3v) is 5.55. The maximum absolute atomic E-state index is 12.6. The molecule has 0 aliphatic carbocycles. The van der Waals surface area contributed by atoms with Crippen molar-refractivity contribution in [2.75, 3.05) is 5.33 Å². The molecule has 0 N–H and O–H groups in total. The third kappa shape index (κ3) is 4.77. The predicted octanol–water partition coefficient (Wildman–Crippen LogP) is 4.28. The molecule has 0 aliphatic heterocycles. The van der Waals surface area contributed by atoms with Gasteiger partial charge in [0.15, 0.2) is 9.84 Å². The molecule has 0 aliphatic rings. The Labute approximate surface area is 125 Å². The molecule has 2 nitrogen and oxygen atoms in total. The summed E-state index contributed by atoms with van der Waals surface area (Å²) in [6, 6.07) is 7.09. The van der Waals surface area contributed by atoms with Gasteiger partial charge in [0.1, 0.15) is 0 Å². The lowest BCUT2D eigenvalue weighted by atomic mass is 10.2. The zero-order chi connectivity index (χ0) is 14.5. The minimum atomic E-state index is -3.28. The van der Waals surface area contributed by atoms with Gasteiger partial charge in [-0.05, 0) is 45.7 Å². The van der Waals surface area contributed by atoms with Crippen LogP contribution in [0.1, 0.15) is 32.3 Å². The van der Waals surface area contributed by atoms with E-state index in [1.165, 1.54) is 0 Å². The van der Waals surface area contributed by atoms with Crippen LogP contribution in [-0.2, 0) is 9.84 Å². The van der Waals surface area contributed by atoms with Crippen LogP contribution in [0.3, 0.4) is 0 Å². The fourth-order valence-electron chi connectivity index (χ4n) is 1.88. The van der Waals surface area contributed by atoms with Crippen molar-refractivity contribution in [1.82, 2.24) is 0 Å². The van der Waals surface area contributed by atoms with E-state index in [1.807, 2.05) is 39.0 Å². The number of rotatable bonds is 6. The summed E-state index contributed by atoms with van der Waals surface area (Å²) in [7, 11) is -3.28. The van der Waals surface area contributed by atoms with E-state index < -0.39 is 15.1 Å². The predicted molar refractivity (Wildman–Crippen MR) is 84.6 cm³/mol. The highest BCUT2D eigenvalue weighted by atomic mass is 79.9. The molecule has 0 bridgehead atoms. The Morgan fingerprint density at radius 3 is 2.32 bits per heavy atom. The number of benzene rings is 1. The zero-order valence-corrected chi connectivity index (χ0v) is 14.1. The Bertz CT molecular complexity index is 526. The first-order valence-corrected chi connectivity index (χ1v) is 9.06. The second-order valence-corrected chi connectivity index (χ2v) is 7.93. The molecule has 4 heteroatoms. The average Bonchev–Trinajstić information content (AvgIpc) is 2.34. The summed E-state index contributed by atoms with van der Waals surface area (Å²) < 4.78 is 25.3. The van der Waals surface area contributed by atoms with Crippen LogP contribution in [0.2, 0.25) is 0 Å². The van der Waals surface area contributed by atoms with E-state index in [1.54, 1.807) is 12.1 Å². The van der Waals surface area contributed by atoms with Crippen LogP contribution in [0.25, 0.3) is 0 Å². The smallest absolute Gasteiger partial charge is 0.184 e. The van der Waals surface area contributed by atoms with Crippen molar-refractivity contribution in [3.63, 3.8) is 0 Å². The fraction of sp³-hybridized carbons (Fsp3) is 0.467. The van der Waals surface area contributed by atoms with E-state index in [9.17, 15) is 8.42 Å². The lowest BCUT2D eigenvalue weighted by Gasteiger charge is -2.14. The number of hydrogen-bond acceptors (Lipinski definition) is 2. The van der Waals surface area contributed by atoms with Gasteiger partial charge < -0.3 is 0 Å². The summed E-state index contributed by atoms with van der Waals surface area (Å²) in [5.41, 5.74) is 2.11. The average molecular weight is 345 g/mol. The Morgan fingerprint density at radius 2 is 1.84 bits per heavy atom. The largest absolute Gasteiger partial charge is 0.223 e. The molecule has 0 aromatic heterocycles. The molecular formula is C15H21BrO2S. The summed E-state index contributed by atoms with van der Waals surface area (Å²) in [6.07, 6.45) is 3.35. The first kappa shape index (κ1) is 16.4. The molecule has 0 unspecified atom stereocenters. The maximum Gasteiger partial charge on any atom is 0.184 e. The highest BCUT2D eigenvalue weighted by molar-refractivity contribution is 9.09. The quantitative estimate of drug-likeness (QED) is 0.570. The van der Waals surface area contributed by atoms with Crippen LogP contribution in [-0.4, -0.2) is 19.0 Å². The number of aryl methyl sites for hydroxylation is 1. The molecule has 0 saturated carbocycles. The van der Waals surface area contributed by atoms with Gasteiger partial charge in [-0.25, -0.2) is 8.42 Å². The first-order chi connectivity index (χ1) is 8.87. The summed E-state index contributed by atoms with van der Waals surface area (Å²) in [4.78, 5) is 0.412. The number of hydrogen-bond donors (Lipinski definition) is 0. The van der Waals surface area contributed by atoms with Gasteiger partial charge in [-0.2, -0.15) is 0 Å². The summed E-state index contributed by atoms with van der Waals surface area (Å²) in [5, 5.41) is 0.390. The van der Waals surface area contributed by atoms with Crippen LogP contribution in [0.5, 0.6) is 0 Å². The molecule has 0 saturated heterocycles. The minimum Gasteiger partial charge on any atom is -0.223 e. The molecule has 0 amide bonds. The first-order valence-electron chi connectivity index (χ1n) is 6.39. The van der Waals surface area contributed by atoms with E-state index in [0.29, 0.717) is 11.3 Å². The van der Waals surface area contributed by atoms with Gasteiger partial charge in [0.2, 0.25) is 0 Å². The summed E-state index contributed by atoms with van der Waals surface area (Å²) >= 11 is 3.36. The zero-order valence-electron chi connectivity index (χ0n) is 11.7. The highest BCUT2D eigenvalue weighted by Gasteiger charge is 2.24. The third-order valence-electron chi connectivity index (χ3n) is 2.89. The van der Waals surface area contributed by atoms with Gasteiger partial charge in [0.05, 0.1) is 10.1 Å². The minimum absolute atomic E-state index is 0.412. The van der Waals surface area contributed by atoms with E-state index in [0.717, 1.165) is 22.9 Å². The highest BCUT2D eigenvalue weighted by Crippen LogP contribution is 2.22. The van der Waals surface area contributed by atoms with Crippen LogP contribution in [0, 0.1) is 6.92 Å². The van der Waals surface area contributed by atoms with Crippen molar-refractivity contribution in [1.29, 1.82) is 0 Å². The molecule has 0 spiro atoms. The Morgan fingerprint density at radius 1 is 1.26 bits per heavy atom. The number of sulfone groups is 1. The Balaban J connectivity index is 3.11. The van der Waals surface area contributed by atoms with Gasteiger partial charge in [-0.15, -0.1) is 0 Å². The molecule has 106 valence electrons. The van der Waals surface area contributed by atoms with Crippen molar-refractivity contribution in [3.8, 4) is 0 Å². The van der Waals surface area contributed by atoms with E-state index in [2.05, 4.69) is 15.9 Å². The van der Waals surface area contributed by atoms with Gasteiger partial charge >= 0.3 is 0 Å². The molecule has 1 atom stereocenters. The van der Waals surface area contributed by atoms with Gasteiger partial charge in [-0.1, -0.05) is 45.3 Å². The van der Waals surface area contributed by atoms with Crippen molar-refractivity contribution >= 4 is 25.8 Å². The monoisotopic (exact) mass is 344 g/mol. The molecular weight excluding hydrogens is 324 g/mol. The molecule has 1 aromatic rings. The van der Waals surface area contributed by atoms with Crippen molar-refractivity contribution in [3.05, 3.63) is 41.5 Å². The Hall–Kier alpha value is -0.610. The maximum atomic E-state index is 12.6. The van der Waals surface area contributed by atoms with Crippen LogP contribution >= 0.6 is 15.9 Å². The second-order valence-electron chi connectivity index (χ2n) is 4.97. The number of alkyl halides is 1. The molecule has 0 fully saturated rings. The lowest BCUT2D eigenvalue weighted by molar-refractivity contribution is 0.582. The fourth-order valence-corrected chi connectivity index (χ4v) is 4.00. The lowest BCUT2D eigenvalue weighted by Crippen LogP contribution is -2.20. The number of allylic oxidation sites excluding steroid dienone is 1. The number of halogens is 1. The van der Waals surface area contributed by atoms with Crippen LogP contribution < -0.4 is 0 Å². The summed E-state index contributed by atoms with van der Waals surface area (Å²) in [6.45, 7) is 5.83. The van der Waals surface area contributed by atoms with Crippen LogP contribution in [0.4, 0.5) is 0 Å². The second kappa shape index (κ2) is 7.25. The van der Waals surface area contributed by atoms with E-state index >= 15 is 0 Å². The molecule has 0 radical (unpaired) electrons. The molecule has 1 aromatic carbocycles. The van der Waals surface area contributed by atoms with Crippen molar-refractivity contribution in [2.24, 2.45) is 0 Å². The molecule has 1 rings (SSSR count). The van der Waals surface area contributed by atoms with Crippen molar-refractivity contribution < 1.29 is 8.42 Å². The normalized spacial score (nSPS) is 13.1. The SMILES string of the molecule is CC(C)=C[C@@H](CCCBr)S(=O)(=O)c1ccc(C)cc1. The van der Waals surface area contributed by atoms with Crippen LogP contribution in [0.15, 0.2) is 40.8 Å². The van der Waals surface area contributed by atoms with Gasteiger partial charge in [0, 0.05) is 5.33 Å². The van der Waals surface area contributed by atoms with E-state index in [-0.39, 0.29) is 0 Å².